The minimum Gasteiger partial charge on any atom is -0.310 e. The smallest absolute Gasteiger partial charge is 0.252 e. The molecule has 0 amide bonds. The lowest BCUT2D eigenvalue weighted by atomic mass is 9.33. The molecule has 458 valence electrons. The van der Waals surface area contributed by atoms with E-state index in [1.165, 1.54) is 187 Å². The van der Waals surface area contributed by atoms with Crippen molar-refractivity contribution in [1.82, 2.24) is 13.5 Å². The molecule has 3 aliphatic heterocycles. The predicted octanol–water partition coefficient (Wildman–Crippen LogP) is 21.2. The number of hydrogen-bond acceptors (Lipinski definition) is 0. The highest BCUT2D eigenvalue weighted by atomic mass is 15.1. The molecule has 4 heteroatoms. The van der Waals surface area contributed by atoms with Gasteiger partial charge < -0.3 is 13.5 Å². The molecule has 0 fully saturated rings. The molecule has 7 heterocycles. The second-order valence-electron chi connectivity index (χ2n) is 37.1. The minimum absolute atomic E-state index is 0.0689. The molecule has 0 bridgehead atoms. The van der Waals surface area contributed by atoms with E-state index in [-0.39, 0.29) is 50.0 Å². The SMILES string of the molecule is CC(C)(C)c1ccc2c(c1)C1(c3cc(C(C)(C)C)ccc3-2)c2ccc3c4c2-n2c5c(cc(C(C)(C)C)cc5c5cc(C(C)(C)C)cc1c52)B4c1cc2c(c4cc(C(C)(C)C)cc5c6c(C(C)(C)C)cc(C(C)(C)C)cc6n2c54)c2c4ccc(C(C)(C)C)cc4n-3c12. The molecule has 91 heavy (non-hydrogen) atoms. The molecule has 17 rings (SSSR count). The van der Waals surface area contributed by atoms with E-state index in [2.05, 4.69) is 301 Å². The number of rotatable bonds is 0. The summed E-state index contributed by atoms with van der Waals surface area (Å²) < 4.78 is 8.41. The Morgan fingerprint density at radius 3 is 1.31 bits per heavy atom. The maximum absolute atomic E-state index is 2.85. The first kappa shape index (κ1) is 57.4. The van der Waals surface area contributed by atoms with Crippen LogP contribution < -0.4 is 16.4 Å². The van der Waals surface area contributed by atoms with Gasteiger partial charge in [0, 0.05) is 60.0 Å². The van der Waals surface area contributed by atoms with Crippen LogP contribution in [0, 0.1) is 0 Å². The van der Waals surface area contributed by atoms with Crippen LogP contribution in [0.2, 0.25) is 0 Å². The maximum Gasteiger partial charge on any atom is 0.252 e. The van der Waals surface area contributed by atoms with Gasteiger partial charge in [-0.3, -0.25) is 0 Å². The normalized spacial score (nSPS) is 15.5. The molecular formula is C87H92BN3. The number of benzene rings is 9. The first-order valence-corrected chi connectivity index (χ1v) is 34.2. The predicted molar refractivity (Wildman–Crippen MR) is 395 cm³/mol. The molecule has 4 aliphatic rings. The molecule has 4 aromatic heterocycles. The first-order valence-electron chi connectivity index (χ1n) is 34.2. The van der Waals surface area contributed by atoms with Gasteiger partial charge in [0.1, 0.15) is 0 Å². The summed E-state index contributed by atoms with van der Waals surface area (Å²) in [7, 11) is 0. The van der Waals surface area contributed by atoms with E-state index in [9.17, 15) is 0 Å². The lowest BCUT2D eigenvalue weighted by Gasteiger charge is -2.45. The van der Waals surface area contributed by atoms with Crippen molar-refractivity contribution in [3.63, 3.8) is 0 Å². The average Bonchev–Trinajstić information content (AvgIpc) is 1.52. The highest BCUT2D eigenvalue weighted by Crippen LogP contribution is 2.64. The van der Waals surface area contributed by atoms with E-state index in [1.807, 2.05) is 0 Å². The number of nitrogens with zero attached hydrogens (tertiary/aromatic N) is 3. The Bertz CT molecular complexity index is 5460. The summed E-state index contributed by atoms with van der Waals surface area (Å²) >= 11 is 0. The molecule has 0 saturated carbocycles. The molecule has 3 nitrogen and oxygen atoms in total. The third-order valence-electron chi connectivity index (χ3n) is 22.9. The van der Waals surface area contributed by atoms with Crippen LogP contribution in [0.1, 0.15) is 233 Å². The van der Waals surface area contributed by atoms with Gasteiger partial charge in [-0.1, -0.05) is 239 Å². The van der Waals surface area contributed by atoms with Crippen molar-refractivity contribution in [2.75, 3.05) is 0 Å². The fourth-order valence-electron chi connectivity index (χ4n) is 17.8. The Labute approximate surface area is 540 Å². The number of fused-ring (bicyclic) bond motifs is 21. The summed E-state index contributed by atoms with van der Waals surface area (Å²) in [5.41, 5.74) is 34.3. The molecule has 1 aliphatic carbocycles. The van der Waals surface area contributed by atoms with E-state index < -0.39 is 5.41 Å². The van der Waals surface area contributed by atoms with E-state index in [1.54, 1.807) is 0 Å². The molecule has 0 N–H and O–H groups in total. The quantitative estimate of drug-likeness (QED) is 0.134. The van der Waals surface area contributed by atoms with E-state index in [4.69, 9.17) is 0 Å². The van der Waals surface area contributed by atoms with Crippen LogP contribution in [0.4, 0.5) is 0 Å². The third kappa shape index (κ3) is 7.19. The zero-order valence-corrected chi connectivity index (χ0v) is 59.0. The van der Waals surface area contributed by atoms with Gasteiger partial charge >= 0.3 is 0 Å². The highest BCUT2D eigenvalue weighted by Gasteiger charge is 2.56. The van der Waals surface area contributed by atoms with Gasteiger partial charge in [-0.25, -0.2) is 0 Å². The van der Waals surface area contributed by atoms with Crippen LogP contribution >= 0.6 is 0 Å². The van der Waals surface area contributed by atoms with Crippen LogP contribution in [-0.4, -0.2) is 20.2 Å². The van der Waals surface area contributed by atoms with Crippen molar-refractivity contribution in [3.8, 4) is 22.5 Å². The monoisotopic (exact) mass is 1190 g/mol. The number of aromatic nitrogens is 3. The van der Waals surface area contributed by atoms with Crippen LogP contribution in [-0.2, 0) is 48.7 Å². The van der Waals surface area contributed by atoms with Crippen LogP contribution in [0.3, 0.4) is 0 Å². The van der Waals surface area contributed by atoms with Crippen molar-refractivity contribution in [1.29, 1.82) is 0 Å². The minimum atomic E-state index is -0.653. The standard InChI is InChI=1S/C87H92BN3/c1-79(2,3)45-25-28-52-53-29-26-46(80(4,5)6)38-61(53)87(60(52)37-45)59-31-32-66-73-77(59)91-75-55(33-49(40-63(75)87)83(13,14)15)56-34-50(84(16,17)18)41-64(76(56)91)88(73)65-44-69-71(72-54-30-27-47(81(7,8)9)42-67(54)89(66)78(65)72)58-36-48(82(10,11)12)35-57-70-62(86(22,23)24)39-51(85(19,20)21)43-68(70)90(69)74(57)58/h25-44H,1-24H3. The van der Waals surface area contributed by atoms with Gasteiger partial charge in [0.25, 0.3) is 6.71 Å². The van der Waals surface area contributed by atoms with Gasteiger partial charge in [0.15, 0.2) is 0 Å². The first-order chi connectivity index (χ1) is 42.2. The van der Waals surface area contributed by atoms with Crippen molar-refractivity contribution in [2.45, 2.75) is 215 Å². The van der Waals surface area contributed by atoms with Gasteiger partial charge in [-0.15, -0.1) is 0 Å². The molecule has 1 spiro atoms. The molecule has 0 atom stereocenters. The van der Waals surface area contributed by atoms with Gasteiger partial charge in [0.05, 0.1) is 38.5 Å². The molecule has 0 saturated heterocycles. The summed E-state index contributed by atoms with van der Waals surface area (Å²) in [6, 6.07) is 51.8. The highest BCUT2D eigenvalue weighted by molar-refractivity contribution is 7.00. The Morgan fingerprint density at radius 2 is 0.747 bits per heavy atom. The maximum atomic E-state index is 2.85. The molecule has 0 radical (unpaired) electrons. The number of hydrogen-bond donors (Lipinski definition) is 0. The van der Waals surface area contributed by atoms with Crippen molar-refractivity contribution < 1.29 is 0 Å². The third-order valence-corrected chi connectivity index (χ3v) is 22.9. The Morgan fingerprint density at radius 1 is 0.297 bits per heavy atom. The van der Waals surface area contributed by atoms with Crippen molar-refractivity contribution in [3.05, 3.63) is 188 Å². The zero-order valence-electron chi connectivity index (χ0n) is 59.0. The Hall–Kier alpha value is -7.56. The second-order valence-corrected chi connectivity index (χ2v) is 37.1. The van der Waals surface area contributed by atoms with Gasteiger partial charge in [-0.2, -0.15) is 0 Å². The molecular weight excluding hydrogens is 1100 g/mol. The van der Waals surface area contributed by atoms with Crippen molar-refractivity contribution >= 4 is 105 Å². The zero-order chi connectivity index (χ0) is 64.6. The molecule has 9 aromatic carbocycles. The van der Waals surface area contributed by atoms with Crippen molar-refractivity contribution in [2.24, 2.45) is 0 Å². The largest absolute Gasteiger partial charge is 0.310 e. The van der Waals surface area contributed by atoms with E-state index >= 15 is 0 Å². The van der Waals surface area contributed by atoms with Gasteiger partial charge in [-0.05, 0) is 186 Å². The Kier molecular flexibility index (Phi) is 10.6. The van der Waals surface area contributed by atoms with Gasteiger partial charge in [0.2, 0.25) is 0 Å². The van der Waals surface area contributed by atoms with Crippen LogP contribution in [0.15, 0.2) is 121 Å². The van der Waals surface area contributed by atoms with E-state index in [0.717, 1.165) is 0 Å². The summed E-state index contributed by atoms with van der Waals surface area (Å²) in [5, 5.41) is 11.0. The summed E-state index contributed by atoms with van der Waals surface area (Å²) in [5.74, 6) is 0. The lowest BCUT2D eigenvalue weighted by Crippen LogP contribution is -2.60. The fourth-order valence-corrected chi connectivity index (χ4v) is 17.8. The summed E-state index contributed by atoms with van der Waals surface area (Å²) in [4.78, 5) is 0. The molecule has 13 aromatic rings. The molecule has 0 unspecified atom stereocenters. The summed E-state index contributed by atoms with van der Waals surface area (Å²) in [6.45, 7) is 57.8. The van der Waals surface area contributed by atoms with Crippen LogP contribution in [0.25, 0.3) is 104 Å². The summed E-state index contributed by atoms with van der Waals surface area (Å²) in [6.07, 6.45) is 0. The average molecular weight is 1190 g/mol. The van der Waals surface area contributed by atoms with E-state index in [0.29, 0.717) is 0 Å². The second kappa shape index (κ2) is 16.8. The Balaban J connectivity index is 1.15. The lowest BCUT2D eigenvalue weighted by molar-refractivity contribution is 0.573. The fraction of sp³-hybridized carbons (Fsp3) is 0.379. The topological polar surface area (TPSA) is 14.3 Å². The van der Waals surface area contributed by atoms with Crippen LogP contribution in [0.5, 0.6) is 0 Å².